The van der Waals surface area contributed by atoms with E-state index >= 15 is 0 Å². The molecule has 1 atom stereocenters. The molecular formula is C11H18N2O. The van der Waals surface area contributed by atoms with Gasteiger partial charge in [-0.3, -0.25) is 4.98 Å². The third-order valence-corrected chi connectivity index (χ3v) is 2.11. The predicted octanol–water partition coefficient (Wildman–Crippen LogP) is 2.15. The summed E-state index contributed by atoms with van der Waals surface area (Å²) >= 11 is 0. The normalized spacial score (nSPS) is 12.5. The SMILES string of the molecule is CCCOc1ccc(C(C)NC)nc1. The van der Waals surface area contributed by atoms with Crippen LogP contribution in [0.15, 0.2) is 18.3 Å². The van der Waals surface area contributed by atoms with Crippen LogP contribution in [0.4, 0.5) is 0 Å². The molecule has 14 heavy (non-hydrogen) atoms. The van der Waals surface area contributed by atoms with Gasteiger partial charge in [-0.25, -0.2) is 0 Å². The van der Waals surface area contributed by atoms with Crippen molar-refractivity contribution >= 4 is 0 Å². The standard InChI is InChI=1S/C11H18N2O/c1-4-7-14-10-5-6-11(13-8-10)9(2)12-3/h5-6,8-9,12H,4,7H2,1-3H3. The molecule has 0 aliphatic heterocycles. The molecule has 1 rings (SSSR count). The lowest BCUT2D eigenvalue weighted by molar-refractivity contribution is 0.316. The zero-order valence-corrected chi connectivity index (χ0v) is 9.08. The van der Waals surface area contributed by atoms with Crippen molar-refractivity contribution in [1.82, 2.24) is 10.3 Å². The highest BCUT2D eigenvalue weighted by Gasteiger charge is 2.03. The first-order chi connectivity index (χ1) is 6.77. The lowest BCUT2D eigenvalue weighted by Crippen LogP contribution is -2.13. The summed E-state index contributed by atoms with van der Waals surface area (Å²) in [7, 11) is 1.92. The van der Waals surface area contributed by atoms with Crippen LogP contribution in [-0.2, 0) is 0 Å². The average Bonchev–Trinajstić information content (AvgIpc) is 2.26. The number of nitrogens with one attached hydrogen (secondary N) is 1. The summed E-state index contributed by atoms with van der Waals surface area (Å²) in [5.41, 5.74) is 1.04. The maximum absolute atomic E-state index is 5.44. The van der Waals surface area contributed by atoms with E-state index in [-0.39, 0.29) is 6.04 Å². The van der Waals surface area contributed by atoms with E-state index in [1.807, 2.05) is 19.2 Å². The van der Waals surface area contributed by atoms with Crippen molar-refractivity contribution in [2.45, 2.75) is 26.3 Å². The number of aromatic nitrogens is 1. The summed E-state index contributed by atoms with van der Waals surface area (Å²) in [6, 6.07) is 4.24. The molecule has 1 heterocycles. The van der Waals surface area contributed by atoms with E-state index in [0.717, 1.165) is 24.5 Å². The minimum absolute atomic E-state index is 0.287. The number of hydrogen-bond acceptors (Lipinski definition) is 3. The second-order valence-corrected chi connectivity index (χ2v) is 3.28. The van der Waals surface area contributed by atoms with E-state index in [0.29, 0.717) is 0 Å². The molecule has 0 saturated heterocycles. The fourth-order valence-corrected chi connectivity index (χ4v) is 1.10. The smallest absolute Gasteiger partial charge is 0.137 e. The molecule has 0 aromatic carbocycles. The molecule has 0 aliphatic rings. The van der Waals surface area contributed by atoms with Gasteiger partial charge in [-0.1, -0.05) is 6.92 Å². The van der Waals surface area contributed by atoms with Gasteiger partial charge in [0, 0.05) is 6.04 Å². The van der Waals surface area contributed by atoms with Crippen molar-refractivity contribution < 1.29 is 4.74 Å². The summed E-state index contributed by atoms with van der Waals surface area (Å²) in [5, 5.41) is 3.14. The number of pyridine rings is 1. The minimum atomic E-state index is 0.287. The highest BCUT2D eigenvalue weighted by Crippen LogP contribution is 2.13. The molecule has 1 aromatic rings. The molecule has 0 amide bonds. The number of hydrogen-bond donors (Lipinski definition) is 1. The topological polar surface area (TPSA) is 34.1 Å². The van der Waals surface area contributed by atoms with Crippen LogP contribution in [-0.4, -0.2) is 18.6 Å². The Bertz CT molecular complexity index is 258. The molecular weight excluding hydrogens is 176 g/mol. The molecule has 1 unspecified atom stereocenters. The van der Waals surface area contributed by atoms with Crippen molar-refractivity contribution in [2.24, 2.45) is 0 Å². The molecule has 0 saturated carbocycles. The third-order valence-electron chi connectivity index (χ3n) is 2.11. The largest absolute Gasteiger partial charge is 0.492 e. The van der Waals surface area contributed by atoms with Gasteiger partial charge < -0.3 is 10.1 Å². The summed E-state index contributed by atoms with van der Waals surface area (Å²) in [6.45, 7) is 4.92. The molecule has 1 N–H and O–H groups in total. The van der Waals surface area contributed by atoms with Crippen LogP contribution in [0.2, 0.25) is 0 Å². The molecule has 0 bridgehead atoms. The van der Waals surface area contributed by atoms with Gasteiger partial charge in [0.05, 0.1) is 18.5 Å². The Hall–Kier alpha value is -1.09. The number of rotatable bonds is 5. The van der Waals surface area contributed by atoms with E-state index < -0.39 is 0 Å². The maximum Gasteiger partial charge on any atom is 0.137 e. The van der Waals surface area contributed by atoms with E-state index in [4.69, 9.17) is 4.74 Å². The highest BCUT2D eigenvalue weighted by molar-refractivity contribution is 5.21. The van der Waals surface area contributed by atoms with Gasteiger partial charge >= 0.3 is 0 Å². The summed E-state index contributed by atoms with van der Waals surface area (Å²) in [4.78, 5) is 4.31. The molecule has 0 radical (unpaired) electrons. The van der Waals surface area contributed by atoms with E-state index in [1.165, 1.54) is 0 Å². The van der Waals surface area contributed by atoms with Gasteiger partial charge in [0.2, 0.25) is 0 Å². The molecule has 0 aliphatic carbocycles. The summed E-state index contributed by atoms with van der Waals surface area (Å²) in [6.07, 6.45) is 2.80. The van der Waals surface area contributed by atoms with Gasteiger partial charge in [-0.05, 0) is 32.5 Å². The second kappa shape index (κ2) is 5.60. The first kappa shape index (κ1) is 11.0. The van der Waals surface area contributed by atoms with E-state index in [9.17, 15) is 0 Å². The van der Waals surface area contributed by atoms with Crippen molar-refractivity contribution in [2.75, 3.05) is 13.7 Å². The van der Waals surface area contributed by atoms with Crippen molar-refractivity contribution in [3.63, 3.8) is 0 Å². The molecule has 1 aromatic heterocycles. The van der Waals surface area contributed by atoms with Gasteiger partial charge in [0.15, 0.2) is 0 Å². The Balaban J connectivity index is 2.59. The van der Waals surface area contributed by atoms with Gasteiger partial charge in [0.25, 0.3) is 0 Å². The Morgan fingerprint density at radius 3 is 2.79 bits per heavy atom. The molecule has 0 fully saturated rings. The molecule has 3 heteroatoms. The van der Waals surface area contributed by atoms with Crippen molar-refractivity contribution in [3.05, 3.63) is 24.0 Å². The van der Waals surface area contributed by atoms with E-state index in [1.54, 1.807) is 6.20 Å². The Labute approximate surface area is 85.5 Å². The zero-order chi connectivity index (χ0) is 10.4. The van der Waals surface area contributed by atoms with Crippen LogP contribution in [0.3, 0.4) is 0 Å². The van der Waals surface area contributed by atoms with Crippen molar-refractivity contribution in [3.8, 4) is 5.75 Å². The monoisotopic (exact) mass is 194 g/mol. The highest BCUT2D eigenvalue weighted by atomic mass is 16.5. The minimum Gasteiger partial charge on any atom is -0.492 e. The van der Waals surface area contributed by atoms with Gasteiger partial charge in [0.1, 0.15) is 5.75 Å². The lowest BCUT2D eigenvalue weighted by Gasteiger charge is -2.10. The lowest BCUT2D eigenvalue weighted by atomic mass is 10.2. The molecule has 78 valence electrons. The fraction of sp³-hybridized carbons (Fsp3) is 0.545. The van der Waals surface area contributed by atoms with Crippen LogP contribution in [0.1, 0.15) is 32.0 Å². The van der Waals surface area contributed by atoms with Crippen LogP contribution in [0.5, 0.6) is 5.75 Å². The quantitative estimate of drug-likeness (QED) is 0.780. The second-order valence-electron chi connectivity index (χ2n) is 3.28. The Kier molecular flexibility index (Phi) is 4.40. The molecule has 0 spiro atoms. The Morgan fingerprint density at radius 2 is 2.29 bits per heavy atom. The summed E-state index contributed by atoms with van der Waals surface area (Å²) in [5.74, 6) is 0.846. The number of nitrogens with zero attached hydrogens (tertiary/aromatic N) is 1. The molecule has 3 nitrogen and oxygen atoms in total. The van der Waals surface area contributed by atoms with Crippen LogP contribution < -0.4 is 10.1 Å². The predicted molar refractivity (Wildman–Crippen MR) is 57.5 cm³/mol. The van der Waals surface area contributed by atoms with Crippen LogP contribution in [0.25, 0.3) is 0 Å². The average molecular weight is 194 g/mol. The van der Waals surface area contributed by atoms with Gasteiger partial charge in [-0.2, -0.15) is 0 Å². The first-order valence-corrected chi connectivity index (χ1v) is 5.04. The van der Waals surface area contributed by atoms with Gasteiger partial charge in [-0.15, -0.1) is 0 Å². The first-order valence-electron chi connectivity index (χ1n) is 5.04. The van der Waals surface area contributed by atoms with Crippen LogP contribution >= 0.6 is 0 Å². The third kappa shape index (κ3) is 3.00. The Morgan fingerprint density at radius 1 is 1.50 bits per heavy atom. The fourth-order valence-electron chi connectivity index (χ4n) is 1.10. The number of ether oxygens (including phenoxy) is 1. The van der Waals surface area contributed by atoms with Crippen LogP contribution in [0, 0.1) is 0 Å². The zero-order valence-electron chi connectivity index (χ0n) is 9.08. The summed E-state index contributed by atoms with van der Waals surface area (Å²) < 4.78 is 5.44. The van der Waals surface area contributed by atoms with E-state index in [2.05, 4.69) is 24.1 Å². The maximum atomic E-state index is 5.44. The van der Waals surface area contributed by atoms with Crippen molar-refractivity contribution in [1.29, 1.82) is 0 Å².